The van der Waals surface area contributed by atoms with Gasteiger partial charge in [-0.3, -0.25) is 4.90 Å². The summed E-state index contributed by atoms with van der Waals surface area (Å²) in [7, 11) is 1.83. The van der Waals surface area contributed by atoms with Crippen LogP contribution in [-0.2, 0) is 11.3 Å². The molecule has 0 bridgehead atoms. The summed E-state index contributed by atoms with van der Waals surface area (Å²) in [6.07, 6.45) is 0.00532. The molecule has 2 rings (SSSR count). The van der Waals surface area contributed by atoms with E-state index in [9.17, 15) is 4.39 Å². The van der Waals surface area contributed by atoms with E-state index in [1.54, 1.807) is 6.07 Å². The minimum absolute atomic E-state index is 0.00532. The predicted molar refractivity (Wildman–Crippen MR) is 76.5 cm³/mol. The first kappa shape index (κ1) is 15.2. The van der Waals surface area contributed by atoms with Crippen molar-refractivity contribution in [2.45, 2.75) is 19.6 Å². The van der Waals surface area contributed by atoms with Crippen molar-refractivity contribution in [3.8, 4) is 5.75 Å². The highest BCUT2D eigenvalue weighted by atomic mass is 19.1. The summed E-state index contributed by atoms with van der Waals surface area (Å²) < 4.78 is 25.2. The van der Waals surface area contributed by atoms with Gasteiger partial charge in [-0.1, -0.05) is 19.1 Å². The summed E-state index contributed by atoms with van der Waals surface area (Å²) in [6.45, 7) is 6.61. The minimum atomic E-state index is -0.319. The van der Waals surface area contributed by atoms with Crippen molar-refractivity contribution in [1.82, 2.24) is 10.2 Å². The largest absolute Gasteiger partial charge is 0.487 e. The van der Waals surface area contributed by atoms with Crippen LogP contribution < -0.4 is 10.1 Å². The summed E-state index contributed by atoms with van der Waals surface area (Å²) >= 11 is 0. The Morgan fingerprint density at radius 1 is 1.50 bits per heavy atom. The molecule has 1 unspecified atom stereocenters. The molecule has 4 nitrogen and oxygen atoms in total. The zero-order valence-corrected chi connectivity index (χ0v) is 12.2. The topological polar surface area (TPSA) is 33.7 Å². The number of para-hydroxylation sites is 1. The number of benzene rings is 1. The highest BCUT2D eigenvalue weighted by Gasteiger charge is 2.21. The Balaban J connectivity index is 1.96. The molecule has 1 aliphatic heterocycles. The van der Waals surface area contributed by atoms with Gasteiger partial charge in [-0.05, 0) is 19.7 Å². The van der Waals surface area contributed by atoms with Gasteiger partial charge in [-0.2, -0.15) is 0 Å². The molecule has 1 aliphatic rings. The first-order valence-electron chi connectivity index (χ1n) is 7.13. The predicted octanol–water partition coefficient (Wildman–Crippen LogP) is 1.64. The normalized spacial score (nSPS) is 20.1. The Hall–Kier alpha value is -1.17. The second-order valence-electron chi connectivity index (χ2n) is 4.96. The van der Waals surface area contributed by atoms with Gasteiger partial charge >= 0.3 is 0 Å². The average molecular weight is 282 g/mol. The molecular weight excluding hydrogens is 259 g/mol. The number of rotatable bonds is 6. The fourth-order valence-electron chi connectivity index (χ4n) is 2.39. The third-order valence-electron chi connectivity index (χ3n) is 3.50. The highest BCUT2D eigenvalue weighted by Crippen LogP contribution is 2.23. The third kappa shape index (κ3) is 3.91. The van der Waals surface area contributed by atoms with E-state index in [0.29, 0.717) is 25.5 Å². The van der Waals surface area contributed by atoms with Crippen molar-refractivity contribution in [3.63, 3.8) is 0 Å². The number of nitrogens with zero attached hydrogens (tertiary/aromatic N) is 1. The molecule has 112 valence electrons. The lowest BCUT2D eigenvalue weighted by atomic mass is 10.2. The molecule has 1 saturated heterocycles. The van der Waals surface area contributed by atoms with Crippen LogP contribution >= 0.6 is 0 Å². The lowest BCUT2D eigenvalue weighted by Gasteiger charge is -2.32. The van der Waals surface area contributed by atoms with E-state index in [-0.39, 0.29) is 11.9 Å². The van der Waals surface area contributed by atoms with Crippen LogP contribution in [0.25, 0.3) is 0 Å². The van der Waals surface area contributed by atoms with Crippen LogP contribution in [0.5, 0.6) is 5.75 Å². The Bertz CT molecular complexity index is 428. The molecule has 1 atom stereocenters. The van der Waals surface area contributed by atoms with Crippen LogP contribution in [0.15, 0.2) is 18.2 Å². The number of ether oxygens (including phenoxy) is 2. The van der Waals surface area contributed by atoms with E-state index >= 15 is 0 Å². The molecule has 1 aromatic rings. The van der Waals surface area contributed by atoms with Crippen molar-refractivity contribution < 1.29 is 13.9 Å². The molecule has 0 aliphatic carbocycles. The van der Waals surface area contributed by atoms with Crippen LogP contribution in [0.4, 0.5) is 4.39 Å². The smallest absolute Gasteiger partial charge is 0.165 e. The number of morpholine rings is 1. The Morgan fingerprint density at radius 2 is 2.35 bits per heavy atom. The summed E-state index contributed by atoms with van der Waals surface area (Å²) in [5.41, 5.74) is 0.829. The standard InChI is InChI=1S/C15H23FN2O2/c1-3-18-7-8-19-13(10-18)11-20-15-12(9-17-2)5-4-6-14(15)16/h4-6,13,17H,3,7-11H2,1-2H3. The van der Waals surface area contributed by atoms with Gasteiger partial charge in [0.05, 0.1) is 6.61 Å². The van der Waals surface area contributed by atoms with E-state index in [2.05, 4.69) is 17.1 Å². The maximum Gasteiger partial charge on any atom is 0.165 e. The third-order valence-corrected chi connectivity index (χ3v) is 3.50. The van der Waals surface area contributed by atoms with Gasteiger partial charge in [0.15, 0.2) is 11.6 Å². The minimum Gasteiger partial charge on any atom is -0.487 e. The molecular formula is C15H23FN2O2. The van der Waals surface area contributed by atoms with Crippen LogP contribution in [0.3, 0.4) is 0 Å². The lowest BCUT2D eigenvalue weighted by Crippen LogP contribution is -2.44. The van der Waals surface area contributed by atoms with Gasteiger partial charge in [0, 0.05) is 25.2 Å². The van der Waals surface area contributed by atoms with E-state index in [1.807, 2.05) is 13.1 Å². The number of nitrogens with one attached hydrogen (secondary N) is 1. The van der Waals surface area contributed by atoms with Gasteiger partial charge in [0.1, 0.15) is 12.7 Å². The van der Waals surface area contributed by atoms with Crippen molar-refractivity contribution in [1.29, 1.82) is 0 Å². The lowest BCUT2D eigenvalue weighted by molar-refractivity contribution is -0.0469. The van der Waals surface area contributed by atoms with Gasteiger partial charge in [-0.25, -0.2) is 4.39 Å². The first-order valence-corrected chi connectivity index (χ1v) is 7.13. The molecule has 0 aromatic heterocycles. The molecule has 5 heteroatoms. The van der Waals surface area contributed by atoms with Crippen molar-refractivity contribution in [3.05, 3.63) is 29.6 Å². The van der Waals surface area contributed by atoms with Gasteiger partial charge < -0.3 is 14.8 Å². The molecule has 0 radical (unpaired) electrons. The molecule has 0 spiro atoms. The molecule has 1 aromatic carbocycles. The van der Waals surface area contributed by atoms with Crippen LogP contribution in [0.1, 0.15) is 12.5 Å². The van der Waals surface area contributed by atoms with E-state index in [4.69, 9.17) is 9.47 Å². The maximum atomic E-state index is 13.9. The molecule has 0 saturated carbocycles. The van der Waals surface area contributed by atoms with Crippen molar-refractivity contribution in [2.24, 2.45) is 0 Å². The van der Waals surface area contributed by atoms with Gasteiger partial charge in [-0.15, -0.1) is 0 Å². The van der Waals surface area contributed by atoms with E-state index in [0.717, 1.165) is 25.2 Å². The highest BCUT2D eigenvalue weighted by molar-refractivity contribution is 5.34. The molecule has 0 amide bonds. The quantitative estimate of drug-likeness (QED) is 0.860. The van der Waals surface area contributed by atoms with Crippen molar-refractivity contribution in [2.75, 3.05) is 39.9 Å². The Kier molecular flexibility index (Phi) is 5.76. The van der Waals surface area contributed by atoms with Gasteiger partial charge in [0.2, 0.25) is 0 Å². The number of hydrogen-bond acceptors (Lipinski definition) is 4. The summed E-state index contributed by atoms with van der Waals surface area (Å²) in [5.74, 6) is 0.0139. The number of hydrogen-bond donors (Lipinski definition) is 1. The zero-order chi connectivity index (χ0) is 14.4. The second-order valence-corrected chi connectivity index (χ2v) is 4.96. The zero-order valence-electron chi connectivity index (χ0n) is 12.2. The average Bonchev–Trinajstić information content (AvgIpc) is 2.47. The van der Waals surface area contributed by atoms with Crippen LogP contribution in [-0.4, -0.2) is 50.9 Å². The van der Waals surface area contributed by atoms with E-state index < -0.39 is 0 Å². The summed E-state index contributed by atoms with van der Waals surface area (Å²) in [6, 6.07) is 4.99. The summed E-state index contributed by atoms with van der Waals surface area (Å²) in [4.78, 5) is 2.31. The van der Waals surface area contributed by atoms with Crippen LogP contribution in [0.2, 0.25) is 0 Å². The molecule has 1 fully saturated rings. The first-order chi connectivity index (χ1) is 9.74. The monoisotopic (exact) mass is 282 g/mol. The maximum absolute atomic E-state index is 13.9. The van der Waals surface area contributed by atoms with E-state index in [1.165, 1.54) is 6.07 Å². The number of likely N-dealkylation sites (N-methyl/N-ethyl adjacent to an activating group) is 1. The van der Waals surface area contributed by atoms with Crippen LogP contribution in [0, 0.1) is 5.82 Å². The molecule has 1 N–H and O–H groups in total. The van der Waals surface area contributed by atoms with Crippen molar-refractivity contribution >= 4 is 0 Å². The van der Waals surface area contributed by atoms with Gasteiger partial charge in [0.25, 0.3) is 0 Å². The second kappa shape index (κ2) is 7.57. The Morgan fingerprint density at radius 3 is 3.10 bits per heavy atom. The Labute approximate surface area is 119 Å². The molecule has 20 heavy (non-hydrogen) atoms. The fourth-order valence-corrected chi connectivity index (χ4v) is 2.39. The fraction of sp³-hybridized carbons (Fsp3) is 0.600. The SMILES string of the molecule is CCN1CCOC(COc2c(F)cccc2CNC)C1. The summed E-state index contributed by atoms with van der Waals surface area (Å²) in [5, 5.41) is 3.02. The molecule has 1 heterocycles. The number of halogens is 1.